The summed E-state index contributed by atoms with van der Waals surface area (Å²) < 4.78 is 6.62. The highest BCUT2D eigenvalue weighted by atomic mass is 35.5. The van der Waals surface area contributed by atoms with Crippen LogP contribution in [-0.4, -0.2) is 14.7 Å². The average molecular weight is 254 g/mol. The number of halogens is 1. The molecule has 17 heavy (non-hydrogen) atoms. The van der Waals surface area contributed by atoms with E-state index in [-0.39, 0.29) is 10.7 Å². The van der Waals surface area contributed by atoms with Crippen LogP contribution in [0.2, 0.25) is 5.15 Å². The lowest BCUT2D eigenvalue weighted by molar-refractivity contribution is 0.369. The Kier molecular flexibility index (Phi) is 3.28. The maximum atomic E-state index is 11.8. The van der Waals surface area contributed by atoms with Crippen molar-refractivity contribution < 1.29 is 4.52 Å². The van der Waals surface area contributed by atoms with Crippen LogP contribution in [0.25, 0.3) is 0 Å². The average Bonchev–Trinajstić information content (AvgIpc) is 2.67. The molecule has 0 unspecified atom stereocenters. The minimum atomic E-state index is -0.184. The molecule has 0 N–H and O–H groups in total. The first-order chi connectivity index (χ1) is 8.10. The van der Waals surface area contributed by atoms with Gasteiger partial charge >= 0.3 is 0 Å². The monoisotopic (exact) mass is 253 g/mol. The van der Waals surface area contributed by atoms with Crippen molar-refractivity contribution in [2.45, 2.75) is 26.8 Å². The first-order valence-corrected chi connectivity index (χ1v) is 5.66. The highest BCUT2D eigenvalue weighted by molar-refractivity contribution is 6.29. The van der Waals surface area contributed by atoms with E-state index in [0.29, 0.717) is 24.6 Å². The molecule has 0 spiro atoms. The second kappa shape index (κ2) is 4.71. The molecule has 0 bridgehead atoms. The third-order valence-corrected chi connectivity index (χ3v) is 2.56. The van der Waals surface area contributed by atoms with Crippen molar-refractivity contribution in [3.8, 4) is 0 Å². The van der Waals surface area contributed by atoms with E-state index in [4.69, 9.17) is 16.1 Å². The number of hydrogen-bond donors (Lipinski definition) is 0. The van der Waals surface area contributed by atoms with E-state index in [0.717, 1.165) is 5.69 Å². The predicted molar refractivity (Wildman–Crippen MR) is 63.2 cm³/mol. The molecule has 0 atom stereocenters. The molecule has 0 fully saturated rings. The summed E-state index contributed by atoms with van der Waals surface area (Å²) >= 11 is 5.75. The van der Waals surface area contributed by atoms with Gasteiger partial charge in [-0.2, -0.15) is 0 Å². The van der Waals surface area contributed by atoms with Crippen molar-refractivity contribution in [2.24, 2.45) is 0 Å². The molecule has 6 heteroatoms. The second-order valence-corrected chi connectivity index (χ2v) is 4.09. The summed E-state index contributed by atoms with van der Waals surface area (Å²) in [5.74, 6) is 1.26. The van der Waals surface area contributed by atoms with Crippen LogP contribution in [0.3, 0.4) is 0 Å². The van der Waals surface area contributed by atoms with Gasteiger partial charge in [-0.1, -0.05) is 23.7 Å². The summed E-state index contributed by atoms with van der Waals surface area (Å²) in [5.41, 5.74) is 0.601. The topological polar surface area (TPSA) is 60.9 Å². The van der Waals surface area contributed by atoms with Crippen LogP contribution in [0.1, 0.15) is 24.2 Å². The minimum absolute atomic E-state index is 0.184. The fraction of sp³-hybridized carbons (Fsp3) is 0.364. The minimum Gasteiger partial charge on any atom is -0.359 e. The molecule has 5 nitrogen and oxygen atoms in total. The van der Waals surface area contributed by atoms with E-state index in [2.05, 4.69) is 10.1 Å². The van der Waals surface area contributed by atoms with Gasteiger partial charge in [0.1, 0.15) is 11.0 Å². The van der Waals surface area contributed by atoms with Crippen molar-refractivity contribution in [2.75, 3.05) is 0 Å². The Balaban J connectivity index is 2.41. The van der Waals surface area contributed by atoms with Gasteiger partial charge in [0.25, 0.3) is 5.56 Å². The van der Waals surface area contributed by atoms with Crippen molar-refractivity contribution in [3.63, 3.8) is 0 Å². The van der Waals surface area contributed by atoms with E-state index in [1.165, 1.54) is 10.6 Å². The fourth-order valence-electron chi connectivity index (χ4n) is 1.61. The Morgan fingerprint density at radius 2 is 2.24 bits per heavy atom. The Morgan fingerprint density at radius 1 is 1.47 bits per heavy atom. The van der Waals surface area contributed by atoms with Crippen LogP contribution in [0.15, 0.2) is 21.5 Å². The third-order valence-electron chi connectivity index (χ3n) is 2.36. The van der Waals surface area contributed by atoms with E-state index in [9.17, 15) is 4.79 Å². The van der Waals surface area contributed by atoms with Crippen LogP contribution < -0.4 is 5.56 Å². The van der Waals surface area contributed by atoms with Crippen LogP contribution in [0.4, 0.5) is 0 Å². The van der Waals surface area contributed by atoms with Crippen LogP contribution >= 0.6 is 11.6 Å². The van der Waals surface area contributed by atoms with Gasteiger partial charge in [-0.15, -0.1) is 0 Å². The standard InChI is InChI=1S/C11H12ClN3O2/c1-3-10-13-9(12)5-11(16)15(10)6-8-4-7(2)14-17-8/h4-5H,3,6H2,1-2H3. The Labute approximate surface area is 103 Å². The Bertz CT molecular complexity index is 589. The van der Waals surface area contributed by atoms with Gasteiger partial charge in [-0.25, -0.2) is 4.98 Å². The number of aryl methyl sites for hydroxylation is 2. The highest BCUT2D eigenvalue weighted by Gasteiger charge is 2.09. The Morgan fingerprint density at radius 3 is 2.82 bits per heavy atom. The van der Waals surface area contributed by atoms with Crippen molar-refractivity contribution >= 4 is 11.6 Å². The van der Waals surface area contributed by atoms with Crippen LogP contribution in [-0.2, 0) is 13.0 Å². The first-order valence-electron chi connectivity index (χ1n) is 5.28. The molecule has 0 aromatic carbocycles. The van der Waals surface area contributed by atoms with Gasteiger partial charge in [0.2, 0.25) is 0 Å². The molecule has 2 heterocycles. The molecule has 0 radical (unpaired) electrons. The zero-order chi connectivity index (χ0) is 12.4. The summed E-state index contributed by atoms with van der Waals surface area (Å²) in [6.07, 6.45) is 0.628. The van der Waals surface area contributed by atoms with Crippen molar-refractivity contribution in [1.82, 2.24) is 14.7 Å². The molecule has 2 aromatic rings. The molecule has 0 amide bonds. The number of hydrogen-bond acceptors (Lipinski definition) is 4. The van der Waals surface area contributed by atoms with E-state index in [1.807, 2.05) is 13.8 Å². The van der Waals surface area contributed by atoms with Gasteiger partial charge in [0.15, 0.2) is 5.76 Å². The summed E-state index contributed by atoms with van der Waals surface area (Å²) in [5, 5.41) is 4.00. The van der Waals surface area contributed by atoms with Gasteiger partial charge < -0.3 is 4.52 Å². The number of nitrogens with zero attached hydrogens (tertiary/aromatic N) is 3. The molecule has 2 aromatic heterocycles. The number of rotatable bonds is 3. The maximum absolute atomic E-state index is 11.8. The van der Waals surface area contributed by atoms with Gasteiger partial charge in [-0.05, 0) is 6.92 Å². The summed E-state index contributed by atoms with van der Waals surface area (Å²) in [6.45, 7) is 4.07. The molecular formula is C11H12ClN3O2. The first kappa shape index (κ1) is 11.9. The molecular weight excluding hydrogens is 242 g/mol. The Hall–Kier alpha value is -1.62. The molecule has 2 rings (SSSR count). The van der Waals surface area contributed by atoms with E-state index >= 15 is 0 Å². The predicted octanol–water partition coefficient (Wildman–Crippen LogP) is 1.80. The lowest BCUT2D eigenvalue weighted by atomic mass is 10.3. The summed E-state index contributed by atoms with van der Waals surface area (Å²) in [7, 11) is 0. The van der Waals surface area contributed by atoms with E-state index in [1.54, 1.807) is 6.07 Å². The normalized spacial score (nSPS) is 10.8. The van der Waals surface area contributed by atoms with Crippen molar-refractivity contribution in [3.05, 3.63) is 44.9 Å². The lowest BCUT2D eigenvalue weighted by Crippen LogP contribution is -2.24. The zero-order valence-electron chi connectivity index (χ0n) is 9.61. The molecule has 0 saturated heterocycles. The molecule has 0 saturated carbocycles. The van der Waals surface area contributed by atoms with Gasteiger partial charge in [-0.3, -0.25) is 9.36 Å². The van der Waals surface area contributed by atoms with Gasteiger partial charge in [0, 0.05) is 18.6 Å². The smallest absolute Gasteiger partial charge is 0.255 e. The largest absolute Gasteiger partial charge is 0.359 e. The van der Waals surface area contributed by atoms with Crippen LogP contribution in [0.5, 0.6) is 0 Å². The molecule has 0 aliphatic carbocycles. The number of aromatic nitrogens is 3. The lowest BCUT2D eigenvalue weighted by Gasteiger charge is -2.08. The fourth-order valence-corrected chi connectivity index (χ4v) is 1.80. The van der Waals surface area contributed by atoms with Crippen LogP contribution in [0, 0.1) is 6.92 Å². The molecule has 0 aliphatic rings. The summed E-state index contributed by atoms with van der Waals surface area (Å²) in [4.78, 5) is 15.9. The molecule has 90 valence electrons. The second-order valence-electron chi connectivity index (χ2n) is 3.71. The highest BCUT2D eigenvalue weighted by Crippen LogP contribution is 2.08. The zero-order valence-corrected chi connectivity index (χ0v) is 10.4. The maximum Gasteiger partial charge on any atom is 0.255 e. The third kappa shape index (κ3) is 2.55. The van der Waals surface area contributed by atoms with Gasteiger partial charge in [0.05, 0.1) is 12.2 Å². The molecule has 0 aliphatic heterocycles. The van der Waals surface area contributed by atoms with E-state index < -0.39 is 0 Å². The van der Waals surface area contributed by atoms with Crippen molar-refractivity contribution in [1.29, 1.82) is 0 Å². The summed E-state index contributed by atoms with van der Waals surface area (Å²) in [6, 6.07) is 3.09. The SMILES string of the molecule is CCc1nc(Cl)cc(=O)n1Cc1cc(C)no1. The quantitative estimate of drug-likeness (QED) is 0.783.